The molecule has 0 N–H and O–H groups in total. The van der Waals surface area contributed by atoms with Gasteiger partial charge in [0, 0.05) is 6.08 Å². The first-order valence-electron chi connectivity index (χ1n) is 1.82. The normalized spacial score (nSPS) is 11.6. The van der Waals surface area contributed by atoms with Gasteiger partial charge in [-0.25, -0.2) is 0 Å². The summed E-state index contributed by atoms with van der Waals surface area (Å²) in [4.78, 5) is 0. The molecule has 2 nitrogen and oxygen atoms in total. The van der Waals surface area contributed by atoms with Crippen LogP contribution in [-0.4, -0.2) is 6.18 Å². The van der Waals surface area contributed by atoms with Crippen LogP contribution < -0.4 is 34.7 Å². The first kappa shape index (κ1) is 12.5. The van der Waals surface area contributed by atoms with Gasteiger partial charge in [0.25, 0.3) is 0 Å². The van der Waals surface area contributed by atoms with E-state index in [4.69, 9.17) is 5.26 Å². The van der Waals surface area contributed by atoms with Crippen molar-refractivity contribution >= 4 is 0 Å². The van der Waals surface area contributed by atoms with E-state index in [1.807, 2.05) is 0 Å². The van der Waals surface area contributed by atoms with E-state index in [0.29, 0.717) is 0 Å². The molecule has 50 valence electrons. The van der Waals surface area contributed by atoms with Crippen LogP contribution in [0.5, 0.6) is 0 Å². The number of rotatable bonds is 0. The number of allylic oxidation sites excluding steroid dienone is 2. The van der Waals surface area contributed by atoms with Crippen molar-refractivity contribution in [2.24, 2.45) is 0 Å². The van der Waals surface area contributed by atoms with Crippen molar-refractivity contribution in [1.82, 2.24) is 0 Å². The van der Waals surface area contributed by atoms with Crippen LogP contribution >= 0.6 is 0 Å². The van der Waals surface area contributed by atoms with Gasteiger partial charge in [0.15, 0.2) is 0 Å². The number of nitriles is 1. The number of halogens is 3. The average molecular weight is 159 g/mol. The van der Waals surface area contributed by atoms with Crippen LogP contribution in [0.15, 0.2) is 11.8 Å². The summed E-state index contributed by atoms with van der Waals surface area (Å²) in [7, 11) is 0. The number of alkyl halides is 3. The van der Waals surface area contributed by atoms with Gasteiger partial charge >= 0.3 is 35.7 Å². The maximum Gasteiger partial charge on any atom is 1.00 e. The molecule has 0 aliphatic carbocycles. The number of hydrogen-bond donors (Lipinski definition) is 0. The fourth-order valence-corrected chi connectivity index (χ4v) is 0.140. The van der Waals surface area contributed by atoms with E-state index >= 15 is 0 Å². The van der Waals surface area contributed by atoms with Gasteiger partial charge in [0.1, 0.15) is 0 Å². The molecule has 0 bridgehead atoms. The van der Waals surface area contributed by atoms with Gasteiger partial charge in [-0.05, 0) is 5.76 Å². The summed E-state index contributed by atoms with van der Waals surface area (Å²) < 4.78 is 33.3. The van der Waals surface area contributed by atoms with Gasteiger partial charge in [0.05, 0.1) is 6.07 Å². The Morgan fingerprint density at radius 1 is 1.50 bits per heavy atom. The SMILES string of the molecule is N#CC=C([O-])C(F)(F)F.[Na+]. The van der Waals surface area contributed by atoms with Crippen LogP contribution in [0.4, 0.5) is 13.2 Å². The quantitative estimate of drug-likeness (QED) is 0.220. The fourth-order valence-electron chi connectivity index (χ4n) is 0.140. The van der Waals surface area contributed by atoms with E-state index in [1.54, 1.807) is 0 Å². The molecule has 6 heteroatoms. The zero-order valence-corrected chi connectivity index (χ0v) is 7.07. The van der Waals surface area contributed by atoms with Crippen molar-refractivity contribution in [1.29, 1.82) is 5.26 Å². The van der Waals surface area contributed by atoms with Crippen molar-refractivity contribution < 1.29 is 47.8 Å². The summed E-state index contributed by atoms with van der Waals surface area (Å²) in [6, 6.07) is 0.979. The van der Waals surface area contributed by atoms with Crippen molar-refractivity contribution in [3.05, 3.63) is 11.8 Å². The zero-order valence-electron chi connectivity index (χ0n) is 5.07. The fraction of sp³-hybridized carbons (Fsp3) is 0.250. The predicted molar refractivity (Wildman–Crippen MR) is 19.8 cm³/mol. The van der Waals surface area contributed by atoms with Crippen molar-refractivity contribution in [3.8, 4) is 6.07 Å². The second-order valence-corrected chi connectivity index (χ2v) is 1.14. The average Bonchev–Trinajstić information content (AvgIpc) is 1.64. The van der Waals surface area contributed by atoms with Gasteiger partial charge in [-0.15, -0.1) is 0 Å². The molecule has 0 aromatic rings. The molecule has 0 heterocycles. The molecular formula is C4HF3NNaO. The smallest absolute Gasteiger partial charge is 0.869 e. The Morgan fingerprint density at radius 2 is 1.90 bits per heavy atom. The van der Waals surface area contributed by atoms with Crippen LogP contribution in [0, 0.1) is 11.3 Å². The van der Waals surface area contributed by atoms with E-state index in [9.17, 15) is 18.3 Å². The summed E-state index contributed by atoms with van der Waals surface area (Å²) >= 11 is 0. The molecule has 0 atom stereocenters. The molecule has 10 heavy (non-hydrogen) atoms. The third-order valence-electron chi connectivity index (χ3n) is 0.475. The van der Waals surface area contributed by atoms with E-state index in [0.717, 1.165) is 6.07 Å². The van der Waals surface area contributed by atoms with Crippen LogP contribution in [0.1, 0.15) is 0 Å². The molecule has 0 radical (unpaired) electrons. The van der Waals surface area contributed by atoms with Crippen LogP contribution in [0.3, 0.4) is 0 Å². The molecule has 0 rings (SSSR count). The minimum atomic E-state index is -4.91. The summed E-state index contributed by atoms with van der Waals surface area (Å²) in [6.45, 7) is 0. The summed E-state index contributed by atoms with van der Waals surface area (Å²) in [5, 5.41) is 17.2. The first-order chi connectivity index (χ1) is 3.98. The number of nitrogens with zero attached hydrogens (tertiary/aromatic N) is 1. The van der Waals surface area contributed by atoms with Gasteiger partial charge < -0.3 is 5.11 Å². The third-order valence-corrected chi connectivity index (χ3v) is 0.475. The van der Waals surface area contributed by atoms with E-state index < -0.39 is 11.9 Å². The maximum atomic E-state index is 11.1. The molecule has 0 amide bonds. The largest absolute Gasteiger partial charge is 1.00 e. The van der Waals surface area contributed by atoms with E-state index in [-0.39, 0.29) is 35.6 Å². The van der Waals surface area contributed by atoms with E-state index in [1.165, 1.54) is 0 Å². The second kappa shape index (κ2) is 4.61. The van der Waals surface area contributed by atoms with Crippen molar-refractivity contribution in [2.45, 2.75) is 6.18 Å². The van der Waals surface area contributed by atoms with Crippen LogP contribution in [0.2, 0.25) is 0 Å². The standard InChI is InChI=1S/C4H2F3NO.Na/c5-4(6,7)3(9)1-2-8;/h1,9H;/q;+1/p-1. The Morgan fingerprint density at radius 3 is 2.00 bits per heavy atom. The molecule has 0 aliphatic rings. The van der Waals surface area contributed by atoms with Gasteiger partial charge in [0.2, 0.25) is 0 Å². The molecule has 0 aromatic carbocycles. The molecular weight excluding hydrogens is 158 g/mol. The molecule has 0 aromatic heterocycles. The first-order valence-corrected chi connectivity index (χ1v) is 1.82. The number of hydrogen-bond acceptors (Lipinski definition) is 2. The van der Waals surface area contributed by atoms with Gasteiger partial charge in [-0.1, -0.05) is 0 Å². The molecule has 0 saturated carbocycles. The zero-order chi connectivity index (χ0) is 7.49. The van der Waals surface area contributed by atoms with Gasteiger partial charge in [-0.2, -0.15) is 18.4 Å². The topological polar surface area (TPSA) is 46.8 Å². The Kier molecular flexibility index (Phi) is 5.76. The second-order valence-electron chi connectivity index (χ2n) is 1.14. The predicted octanol–water partition coefficient (Wildman–Crippen LogP) is -2.68. The molecule has 0 spiro atoms. The Hall–Kier alpha value is -0.180. The monoisotopic (exact) mass is 159 g/mol. The van der Waals surface area contributed by atoms with Gasteiger partial charge in [-0.3, -0.25) is 0 Å². The summed E-state index contributed by atoms with van der Waals surface area (Å²) in [6.07, 6.45) is -4.99. The van der Waals surface area contributed by atoms with Crippen LogP contribution in [0.25, 0.3) is 0 Å². The minimum Gasteiger partial charge on any atom is -0.869 e. The molecule has 0 aliphatic heterocycles. The Bertz CT molecular complexity index is 168. The van der Waals surface area contributed by atoms with Crippen molar-refractivity contribution in [2.75, 3.05) is 0 Å². The Balaban J connectivity index is 0. The summed E-state index contributed by atoms with van der Waals surface area (Å²) in [5.74, 6) is -2.12. The maximum absolute atomic E-state index is 11.1. The Labute approximate surface area is 77.2 Å². The van der Waals surface area contributed by atoms with Crippen LogP contribution in [-0.2, 0) is 0 Å². The minimum absolute atomic E-state index is 0. The van der Waals surface area contributed by atoms with Crippen molar-refractivity contribution in [3.63, 3.8) is 0 Å². The molecule has 0 fully saturated rings. The summed E-state index contributed by atoms with van der Waals surface area (Å²) in [5.41, 5.74) is 0. The molecule has 0 unspecified atom stereocenters. The third kappa shape index (κ3) is 4.68. The van der Waals surface area contributed by atoms with E-state index in [2.05, 4.69) is 0 Å². The molecule has 0 saturated heterocycles.